The van der Waals surface area contributed by atoms with Crippen LogP contribution in [-0.2, 0) is 0 Å². The number of para-hydroxylation sites is 1. The smallest absolute Gasteiger partial charge is 0.321 e. The molecule has 4 heteroatoms. The predicted molar refractivity (Wildman–Crippen MR) is 54.3 cm³/mol. The SMILES string of the molecule is CNC(=O)Nc1cc2ccccc2o1. The second-order valence-corrected chi connectivity index (χ2v) is 2.85. The summed E-state index contributed by atoms with van der Waals surface area (Å²) in [4.78, 5) is 11.0. The molecule has 0 radical (unpaired) electrons. The van der Waals surface area contributed by atoms with Crippen LogP contribution in [0.2, 0.25) is 0 Å². The second-order valence-electron chi connectivity index (χ2n) is 2.85. The van der Waals surface area contributed by atoms with Gasteiger partial charge in [-0.1, -0.05) is 18.2 Å². The molecule has 72 valence electrons. The van der Waals surface area contributed by atoms with Crippen molar-refractivity contribution in [3.63, 3.8) is 0 Å². The van der Waals surface area contributed by atoms with Gasteiger partial charge >= 0.3 is 6.03 Å². The number of fused-ring (bicyclic) bond motifs is 1. The van der Waals surface area contributed by atoms with Gasteiger partial charge in [0.2, 0.25) is 5.88 Å². The van der Waals surface area contributed by atoms with Crippen molar-refractivity contribution in [2.45, 2.75) is 0 Å². The minimum atomic E-state index is -0.288. The number of nitrogens with one attached hydrogen (secondary N) is 2. The summed E-state index contributed by atoms with van der Waals surface area (Å²) in [6.07, 6.45) is 0. The molecule has 0 atom stereocenters. The van der Waals surface area contributed by atoms with Crippen molar-refractivity contribution in [3.8, 4) is 0 Å². The molecule has 4 nitrogen and oxygen atoms in total. The highest BCUT2D eigenvalue weighted by atomic mass is 16.4. The Bertz CT molecular complexity index is 429. The lowest BCUT2D eigenvalue weighted by molar-refractivity contribution is 0.253. The van der Waals surface area contributed by atoms with Crippen LogP contribution in [0.3, 0.4) is 0 Å². The summed E-state index contributed by atoms with van der Waals surface area (Å²) in [6.45, 7) is 0. The largest absolute Gasteiger partial charge is 0.440 e. The zero-order valence-electron chi connectivity index (χ0n) is 7.70. The summed E-state index contributed by atoms with van der Waals surface area (Å²) in [5.74, 6) is 0.450. The highest BCUT2D eigenvalue weighted by Gasteiger charge is 2.04. The van der Waals surface area contributed by atoms with Crippen LogP contribution in [0, 0.1) is 0 Å². The van der Waals surface area contributed by atoms with E-state index in [1.807, 2.05) is 24.3 Å². The van der Waals surface area contributed by atoms with Crippen molar-refractivity contribution in [2.75, 3.05) is 12.4 Å². The van der Waals surface area contributed by atoms with Crippen molar-refractivity contribution in [1.82, 2.24) is 5.32 Å². The van der Waals surface area contributed by atoms with Crippen molar-refractivity contribution >= 4 is 22.9 Å². The predicted octanol–water partition coefficient (Wildman–Crippen LogP) is 2.18. The van der Waals surface area contributed by atoms with Gasteiger partial charge in [-0.2, -0.15) is 0 Å². The number of furan rings is 1. The molecular weight excluding hydrogens is 180 g/mol. The zero-order valence-corrected chi connectivity index (χ0v) is 7.70. The van der Waals surface area contributed by atoms with E-state index in [-0.39, 0.29) is 6.03 Å². The molecule has 1 aromatic carbocycles. The molecule has 1 heterocycles. The third-order valence-electron chi connectivity index (χ3n) is 1.89. The molecule has 0 aliphatic heterocycles. The number of hydrogen-bond donors (Lipinski definition) is 2. The first-order chi connectivity index (χ1) is 6.79. The monoisotopic (exact) mass is 190 g/mol. The average molecular weight is 190 g/mol. The Morgan fingerprint density at radius 1 is 1.36 bits per heavy atom. The van der Waals surface area contributed by atoms with E-state index in [0.29, 0.717) is 5.88 Å². The minimum absolute atomic E-state index is 0.288. The van der Waals surface area contributed by atoms with Crippen LogP contribution in [0.1, 0.15) is 0 Å². The molecule has 1 aromatic heterocycles. The van der Waals surface area contributed by atoms with Gasteiger partial charge in [0.25, 0.3) is 0 Å². The molecule has 2 rings (SSSR count). The van der Waals surface area contributed by atoms with Gasteiger partial charge in [0.1, 0.15) is 5.58 Å². The van der Waals surface area contributed by atoms with Gasteiger partial charge in [0.15, 0.2) is 0 Å². The third kappa shape index (κ3) is 1.54. The molecule has 2 amide bonds. The van der Waals surface area contributed by atoms with Crippen LogP contribution in [0.15, 0.2) is 34.7 Å². The molecule has 0 aliphatic rings. The molecule has 0 unspecified atom stereocenters. The average Bonchev–Trinajstić information content (AvgIpc) is 2.59. The summed E-state index contributed by atoms with van der Waals surface area (Å²) in [7, 11) is 1.55. The standard InChI is InChI=1S/C10H10N2O2/c1-11-10(13)12-9-6-7-4-2-3-5-8(7)14-9/h2-6H,1H3,(H2,11,12,13). The van der Waals surface area contributed by atoms with Gasteiger partial charge in [0.05, 0.1) is 0 Å². The first kappa shape index (κ1) is 8.62. The van der Waals surface area contributed by atoms with E-state index >= 15 is 0 Å². The number of carbonyl (C=O) groups is 1. The number of anilines is 1. The van der Waals surface area contributed by atoms with E-state index in [1.165, 1.54) is 0 Å². The van der Waals surface area contributed by atoms with Gasteiger partial charge < -0.3 is 9.73 Å². The van der Waals surface area contributed by atoms with Gasteiger partial charge in [0, 0.05) is 18.5 Å². The number of urea groups is 1. The Morgan fingerprint density at radius 2 is 2.14 bits per heavy atom. The number of benzene rings is 1. The Kier molecular flexibility index (Phi) is 2.10. The van der Waals surface area contributed by atoms with Crippen LogP contribution in [-0.4, -0.2) is 13.1 Å². The lowest BCUT2D eigenvalue weighted by atomic mass is 10.3. The fourth-order valence-corrected chi connectivity index (χ4v) is 1.22. The molecule has 14 heavy (non-hydrogen) atoms. The van der Waals surface area contributed by atoms with Gasteiger partial charge in [-0.15, -0.1) is 0 Å². The van der Waals surface area contributed by atoms with Crippen LogP contribution in [0.25, 0.3) is 11.0 Å². The quantitative estimate of drug-likeness (QED) is 0.724. The number of amides is 2. The summed E-state index contributed by atoms with van der Waals surface area (Å²) >= 11 is 0. The maximum Gasteiger partial charge on any atom is 0.321 e. The normalized spacial score (nSPS) is 10.1. The van der Waals surface area contributed by atoms with E-state index in [1.54, 1.807) is 13.1 Å². The fourth-order valence-electron chi connectivity index (χ4n) is 1.22. The highest BCUT2D eigenvalue weighted by Crippen LogP contribution is 2.22. The molecule has 0 saturated heterocycles. The van der Waals surface area contributed by atoms with Gasteiger partial charge in [-0.3, -0.25) is 5.32 Å². The summed E-state index contributed by atoms with van der Waals surface area (Å²) in [6, 6.07) is 9.07. The minimum Gasteiger partial charge on any atom is -0.440 e. The molecule has 0 aliphatic carbocycles. The van der Waals surface area contributed by atoms with Crippen LogP contribution >= 0.6 is 0 Å². The van der Waals surface area contributed by atoms with Crippen molar-refractivity contribution < 1.29 is 9.21 Å². The first-order valence-electron chi connectivity index (χ1n) is 4.27. The number of rotatable bonds is 1. The van der Waals surface area contributed by atoms with Gasteiger partial charge in [-0.05, 0) is 6.07 Å². The van der Waals surface area contributed by atoms with Crippen molar-refractivity contribution in [2.24, 2.45) is 0 Å². The summed E-state index contributed by atoms with van der Waals surface area (Å²) in [5, 5.41) is 5.98. The summed E-state index contributed by atoms with van der Waals surface area (Å²) < 4.78 is 5.37. The lowest BCUT2D eigenvalue weighted by Crippen LogP contribution is -2.24. The second kappa shape index (κ2) is 3.41. The molecule has 0 bridgehead atoms. The number of carbonyl (C=O) groups excluding carboxylic acids is 1. The van der Waals surface area contributed by atoms with E-state index in [9.17, 15) is 4.79 Å². The maximum atomic E-state index is 11.0. The Hall–Kier alpha value is -1.97. The third-order valence-corrected chi connectivity index (χ3v) is 1.89. The van der Waals surface area contributed by atoms with Crippen LogP contribution in [0.5, 0.6) is 0 Å². The molecular formula is C10H10N2O2. The van der Waals surface area contributed by atoms with E-state index in [4.69, 9.17) is 4.42 Å². The molecule has 0 spiro atoms. The number of hydrogen-bond acceptors (Lipinski definition) is 2. The summed E-state index contributed by atoms with van der Waals surface area (Å²) in [5.41, 5.74) is 0.763. The Balaban J connectivity index is 2.31. The maximum absolute atomic E-state index is 11.0. The van der Waals surface area contributed by atoms with Crippen molar-refractivity contribution in [3.05, 3.63) is 30.3 Å². The fraction of sp³-hybridized carbons (Fsp3) is 0.100. The Morgan fingerprint density at radius 3 is 2.86 bits per heavy atom. The van der Waals surface area contributed by atoms with E-state index < -0.39 is 0 Å². The van der Waals surface area contributed by atoms with E-state index in [0.717, 1.165) is 11.0 Å². The first-order valence-corrected chi connectivity index (χ1v) is 4.27. The topological polar surface area (TPSA) is 54.3 Å². The molecule has 0 saturated carbocycles. The van der Waals surface area contributed by atoms with Gasteiger partial charge in [-0.25, -0.2) is 4.79 Å². The molecule has 0 fully saturated rings. The van der Waals surface area contributed by atoms with Crippen LogP contribution < -0.4 is 10.6 Å². The lowest BCUT2D eigenvalue weighted by Gasteiger charge is -1.97. The van der Waals surface area contributed by atoms with Crippen molar-refractivity contribution in [1.29, 1.82) is 0 Å². The highest BCUT2D eigenvalue weighted by molar-refractivity contribution is 5.91. The molecule has 2 N–H and O–H groups in total. The molecule has 2 aromatic rings. The Labute approximate surface area is 80.9 Å². The van der Waals surface area contributed by atoms with E-state index in [2.05, 4.69) is 10.6 Å². The zero-order chi connectivity index (χ0) is 9.97. The van der Waals surface area contributed by atoms with Crippen LogP contribution in [0.4, 0.5) is 10.7 Å².